The molecule has 1 aliphatic rings. The fourth-order valence-electron chi connectivity index (χ4n) is 2.21. The zero-order valence-electron chi connectivity index (χ0n) is 12.9. The second-order valence-corrected chi connectivity index (χ2v) is 6.25. The van der Waals surface area contributed by atoms with E-state index in [0.717, 1.165) is 24.9 Å². The molecule has 1 saturated carbocycles. The molecule has 1 fully saturated rings. The van der Waals surface area contributed by atoms with Gasteiger partial charge in [-0.05, 0) is 38.1 Å². The van der Waals surface area contributed by atoms with Crippen LogP contribution >= 0.6 is 0 Å². The van der Waals surface area contributed by atoms with Crippen molar-refractivity contribution in [2.45, 2.75) is 25.9 Å². The summed E-state index contributed by atoms with van der Waals surface area (Å²) in [4.78, 5) is 13.8. The van der Waals surface area contributed by atoms with Crippen LogP contribution in [0.15, 0.2) is 24.3 Å². The third kappa shape index (κ3) is 5.02. The highest BCUT2D eigenvalue weighted by Crippen LogP contribution is 2.44. The Bertz CT molecular complexity index is 467. The van der Waals surface area contributed by atoms with E-state index in [2.05, 4.69) is 27.7 Å². The van der Waals surface area contributed by atoms with Gasteiger partial charge in [-0.25, -0.2) is 4.79 Å². The van der Waals surface area contributed by atoms with Gasteiger partial charge in [-0.3, -0.25) is 0 Å². The molecule has 0 atom stereocenters. The molecule has 5 heteroatoms. The van der Waals surface area contributed by atoms with Crippen molar-refractivity contribution >= 4 is 6.03 Å². The number of amides is 2. The van der Waals surface area contributed by atoms with Crippen molar-refractivity contribution in [2.75, 3.05) is 27.2 Å². The SMILES string of the molecule is CN(C)Cc1ccc(CNC(=O)NCC2(CO)CC2)cc1. The molecule has 0 aromatic heterocycles. The summed E-state index contributed by atoms with van der Waals surface area (Å²) in [6.45, 7) is 2.13. The third-order valence-electron chi connectivity index (χ3n) is 3.89. The Morgan fingerprint density at radius 3 is 2.33 bits per heavy atom. The van der Waals surface area contributed by atoms with Gasteiger partial charge in [0.15, 0.2) is 0 Å². The second-order valence-electron chi connectivity index (χ2n) is 6.25. The quantitative estimate of drug-likeness (QED) is 0.710. The fourth-order valence-corrected chi connectivity index (χ4v) is 2.21. The van der Waals surface area contributed by atoms with Crippen LogP contribution in [-0.2, 0) is 13.1 Å². The summed E-state index contributed by atoms with van der Waals surface area (Å²) in [6.07, 6.45) is 1.99. The molecule has 0 bridgehead atoms. The van der Waals surface area contributed by atoms with Gasteiger partial charge in [-0.15, -0.1) is 0 Å². The normalized spacial score (nSPS) is 15.8. The Labute approximate surface area is 126 Å². The zero-order valence-corrected chi connectivity index (χ0v) is 12.9. The van der Waals surface area contributed by atoms with E-state index in [1.54, 1.807) is 0 Å². The maximum Gasteiger partial charge on any atom is 0.315 e. The van der Waals surface area contributed by atoms with Crippen LogP contribution in [-0.4, -0.2) is 43.3 Å². The van der Waals surface area contributed by atoms with Crippen LogP contribution in [0.1, 0.15) is 24.0 Å². The Balaban J connectivity index is 1.71. The van der Waals surface area contributed by atoms with Gasteiger partial charge in [-0.2, -0.15) is 0 Å². The summed E-state index contributed by atoms with van der Waals surface area (Å²) in [5.41, 5.74) is 2.29. The third-order valence-corrected chi connectivity index (χ3v) is 3.89. The first-order chi connectivity index (χ1) is 10.0. The average Bonchev–Trinajstić information content (AvgIpc) is 3.24. The van der Waals surface area contributed by atoms with E-state index in [1.807, 2.05) is 26.2 Å². The number of nitrogens with zero attached hydrogens (tertiary/aromatic N) is 1. The fraction of sp³-hybridized carbons (Fsp3) is 0.562. The van der Waals surface area contributed by atoms with E-state index >= 15 is 0 Å². The van der Waals surface area contributed by atoms with E-state index in [-0.39, 0.29) is 18.1 Å². The molecule has 0 saturated heterocycles. The first-order valence-electron chi connectivity index (χ1n) is 7.38. The van der Waals surface area contributed by atoms with Gasteiger partial charge < -0.3 is 20.6 Å². The van der Waals surface area contributed by atoms with Gasteiger partial charge in [0.25, 0.3) is 0 Å². The minimum absolute atomic E-state index is 0.0504. The molecule has 2 amide bonds. The number of aliphatic hydroxyl groups excluding tert-OH is 1. The second kappa shape index (κ2) is 6.91. The minimum Gasteiger partial charge on any atom is -0.396 e. The van der Waals surface area contributed by atoms with Gasteiger partial charge >= 0.3 is 6.03 Å². The van der Waals surface area contributed by atoms with Crippen molar-refractivity contribution in [2.24, 2.45) is 5.41 Å². The van der Waals surface area contributed by atoms with Crippen LogP contribution in [0.25, 0.3) is 0 Å². The number of benzene rings is 1. The molecule has 5 nitrogen and oxygen atoms in total. The van der Waals surface area contributed by atoms with Crippen LogP contribution in [0.4, 0.5) is 4.79 Å². The summed E-state index contributed by atoms with van der Waals surface area (Å²) in [7, 11) is 4.08. The molecule has 3 N–H and O–H groups in total. The van der Waals surface area contributed by atoms with Crippen molar-refractivity contribution in [1.82, 2.24) is 15.5 Å². The molecule has 0 radical (unpaired) electrons. The summed E-state index contributed by atoms with van der Waals surface area (Å²) < 4.78 is 0. The lowest BCUT2D eigenvalue weighted by Crippen LogP contribution is -2.39. The summed E-state index contributed by atoms with van der Waals surface area (Å²) in [5.74, 6) is 0. The minimum atomic E-state index is -0.174. The smallest absolute Gasteiger partial charge is 0.315 e. The lowest BCUT2D eigenvalue weighted by molar-refractivity contribution is 0.203. The highest BCUT2D eigenvalue weighted by Gasteiger charge is 2.42. The first-order valence-corrected chi connectivity index (χ1v) is 7.38. The number of hydrogen-bond donors (Lipinski definition) is 3. The summed E-state index contributed by atoms with van der Waals surface area (Å²) in [6, 6.07) is 8.07. The van der Waals surface area contributed by atoms with Gasteiger partial charge in [0.1, 0.15) is 0 Å². The summed E-state index contributed by atoms with van der Waals surface area (Å²) >= 11 is 0. The average molecular weight is 291 g/mol. The monoisotopic (exact) mass is 291 g/mol. The topological polar surface area (TPSA) is 64.6 Å². The number of carbonyl (C=O) groups is 1. The number of hydrogen-bond acceptors (Lipinski definition) is 3. The van der Waals surface area contributed by atoms with E-state index in [9.17, 15) is 9.90 Å². The van der Waals surface area contributed by atoms with Gasteiger partial charge in [0, 0.05) is 25.0 Å². The van der Waals surface area contributed by atoms with E-state index in [4.69, 9.17) is 0 Å². The zero-order chi connectivity index (χ0) is 15.3. The number of rotatable bonds is 7. The van der Waals surface area contributed by atoms with Crippen LogP contribution < -0.4 is 10.6 Å². The molecule has 0 spiro atoms. The predicted molar refractivity (Wildman–Crippen MR) is 82.8 cm³/mol. The Morgan fingerprint density at radius 2 is 1.81 bits per heavy atom. The molecular weight excluding hydrogens is 266 g/mol. The lowest BCUT2D eigenvalue weighted by atomic mass is 10.1. The van der Waals surface area contributed by atoms with Gasteiger partial charge in [0.05, 0.1) is 6.61 Å². The van der Waals surface area contributed by atoms with Crippen molar-refractivity contribution in [3.05, 3.63) is 35.4 Å². The van der Waals surface area contributed by atoms with Crippen LogP contribution in [0.2, 0.25) is 0 Å². The molecule has 2 rings (SSSR count). The molecule has 0 aliphatic heterocycles. The number of urea groups is 1. The van der Waals surface area contributed by atoms with Crippen LogP contribution in [0, 0.1) is 5.41 Å². The first kappa shape index (κ1) is 15.8. The van der Waals surface area contributed by atoms with Gasteiger partial charge in [-0.1, -0.05) is 24.3 Å². The molecule has 1 aromatic rings. The highest BCUT2D eigenvalue weighted by molar-refractivity contribution is 5.73. The molecule has 1 aliphatic carbocycles. The molecule has 1 aromatic carbocycles. The molecule has 0 unspecified atom stereocenters. The molecule has 0 heterocycles. The number of carbonyl (C=O) groups excluding carboxylic acids is 1. The van der Waals surface area contributed by atoms with Crippen LogP contribution in [0.3, 0.4) is 0 Å². The van der Waals surface area contributed by atoms with Crippen molar-refractivity contribution in [3.63, 3.8) is 0 Å². The maximum atomic E-state index is 11.7. The Hall–Kier alpha value is -1.59. The van der Waals surface area contributed by atoms with E-state index in [0.29, 0.717) is 13.1 Å². The Kier molecular flexibility index (Phi) is 5.20. The number of nitrogens with one attached hydrogen (secondary N) is 2. The van der Waals surface area contributed by atoms with Gasteiger partial charge in [0.2, 0.25) is 0 Å². The van der Waals surface area contributed by atoms with Crippen molar-refractivity contribution < 1.29 is 9.90 Å². The molecule has 116 valence electrons. The highest BCUT2D eigenvalue weighted by atomic mass is 16.3. The standard InChI is InChI=1S/C16H25N3O2/c1-19(2)10-14-5-3-13(4-6-14)9-17-15(21)18-11-16(12-20)7-8-16/h3-6,20H,7-12H2,1-2H3,(H2,17,18,21). The molecule has 21 heavy (non-hydrogen) atoms. The summed E-state index contributed by atoms with van der Waals surface area (Å²) in [5, 5.41) is 14.9. The van der Waals surface area contributed by atoms with Crippen molar-refractivity contribution in [3.8, 4) is 0 Å². The number of aliphatic hydroxyl groups is 1. The van der Waals surface area contributed by atoms with E-state index in [1.165, 1.54) is 5.56 Å². The van der Waals surface area contributed by atoms with Crippen LogP contribution in [0.5, 0.6) is 0 Å². The van der Waals surface area contributed by atoms with E-state index < -0.39 is 0 Å². The Morgan fingerprint density at radius 1 is 1.19 bits per heavy atom. The van der Waals surface area contributed by atoms with Crippen molar-refractivity contribution in [1.29, 1.82) is 0 Å². The molecular formula is C16H25N3O2. The lowest BCUT2D eigenvalue weighted by Gasteiger charge is -2.14. The maximum absolute atomic E-state index is 11.7. The largest absolute Gasteiger partial charge is 0.396 e. The predicted octanol–water partition coefficient (Wildman–Crippen LogP) is 1.32.